The first-order valence-corrected chi connectivity index (χ1v) is 26.9. The molecule has 1 heterocycles. The van der Waals surface area contributed by atoms with E-state index >= 15 is 0 Å². The van der Waals surface area contributed by atoms with Crippen molar-refractivity contribution in [3.63, 3.8) is 0 Å². The van der Waals surface area contributed by atoms with Gasteiger partial charge >= 0.3 is 5.97 Å². The number of aliphatic hydroxyl groups excluding tert-OH is 1. The Morgan fingerprint density at radius 3 is 1.47 bits per heavy atom. The number of phenols is 1. The van der Waals surface area contributed by atoms with E-state index in [1.807, 2.05) is 0 Å². The highest BCUT2D eigenvalue weighted by Gasteiger charge is 2.37. The topological polar surface area (TPSA) is 421 Å². The molecular formula is C56H78N12O13. The summed E-state index contributed by atoms with van der Waals surface area (Å²) in [6.45, 7) is 6.03. The number of rotatable bonds is 34. The van der Waals surface area contributed by atoms with Crippen LogP contribution in [0.25, 0.3) is 10.9 Å². The Kier molecular flexibility index (Phi) is 26.2. The predicted octanol–water partition coefficient (Wildman–Crippen LogP) is -0.946. The minimum atomic E-state index is -1.81. The molecule has 440 valence electrons. The third-order valence-electron chi connectivity index (χ3n) is 13.2. The highest BCUT2D eigenvalue weighted by molar-refractivity contribution is 5.99. The number of benzene rings is 3. The zero-order valence-corrected chi connectivity index (χ0v) is 46.0. The van der Waals surface area contributed by atoms with Gasteiger partial charge in [-0.05, 0) is 99.3 Å². The standard InChI is InChI=1S/C56H78N12O13/c1-31(2)47(56(81)66-45(29-46(72)73)55(80)68-48(32(3)69)49(59)74)67-51(76)41(19-11-13-25-58)63-54(79)44(28-36-30-60-39-17-9-8-16-38(36)39)65-53(78)43(27-35-20-22-37(71)23-21-35)64-50(75)40(18-10-12-24-57)62-52(77)42(61-33(4)70)26-34-14-6-5-7-15-34/h5-9,14-17,20-23,30-32,40-45,47-48,60,69,71H,10-13,18-19,24-29,57-58H2,1-4H3,(H2,59,74)(H,61,70)(H,62,77)(H,63,79)(H,64,75)(H,65,78)(H,66,81)(H,67,76)(H,68,80)(H,72,73)/t32-,40+,41+,42-,43+,44-,45+,47+,48+/m1/s1. The van der Waals surface area contributed by atoms with Gasteiger partial charge in [0, 0.05) is 43.3 Å². The summed E-state index contributed by atoms with van der Waals surface area (Å²) in [4.78, 5) is 139. The second-order valence-electron chi connectivity index (χ2n) is 20.2. The van der Waals surface area contributed by atoms with Crippen LogP contribution in [-0.2, 0) is 67.2 Å². The number of carboxylic acids is 1. The number of aromatic hydroxyl groups is 1. The van der Waals surface area contributed by atoms with E-state index in [9.17, 15) is 63.3 Å². The lowest BCUT2D eigenvalue weighted by Crippen LogP contribution is -2.61. The molecule has 0 saturated heterocycles. The third-order valence-corrected chi connectivity index (χ3v) is 13.2. The Morgan fingerprint density at radius 2 is 0.963 bits per heavy atom. The van der Waals surface area contributed by atoms with E-state index in [0.717, 1.165) is 12.5 Å². The molecule has 81 heavy (non-hydrogen) atoms. The normalized spacial score (nSPS) is 14.5. The molecule has 4 rings (SSSR count). The number of hydrogen-bond donors (Lipinski definition) is 15. The zero-order chi connectivity index (χ0) is 59.8. The molecule has 0 fully saturated rings. The van der Waals surface area contributed by atoms with E-state index < -0.39 is 126 Å². The summed E-state index contributed by atoms with van der Waals surface area (Å²) in [7, 11) is 0. The van der Waals surface area contributed by atoms with Gasteiger partial charge in [0.1, 0.15) is 54.1 Å². The molecule has 25 heteroatoms. The molecule has 9 amide bonds. The summed E-state index contributed by atoms with van der Waals surface area (Å²) >= 11 is 0. The number of unbranched alkanes of at least 4 members (excludes halogenated alkanes) is 2. The van der Waals surface area contributed by atoms with Crippen molar-refractivity contribution in [2.75, 3.05) is 13.1 Å². The van der Waals surface area contributed by atoms with E-state index in [4.69, 9.17) is 17.2 Å². The van der Waals surface area contributed by atoms with Crippen LogP contribution in [0.15, 0.2) is 85.1 Å². The van der Waals surface area contributed by atoms with Crippen LogP contribution in [0.4, 0.5) is 0 Å². The SMILES string of the molecule is CC(=O)N[C@H](Cc1ccccc1)C(=O)N[C@@H](CCCCN)C(=O)N[C@@H](Cc1ccc(O)cc1)C(=O)N[C@H](Cc1c[nH]c2ccccc12)C(=O)N[C@@H](CCCCN)C(=O)N[C@H](C(=O)N[C@@H](CC(=O)O)C(=O)N[C@H](C(N)=O)[C@@H](C)O)C(C)C. The number of primary amides is 1. The molecule has 0 bridgehead atoms. The number of nitrogens with two attached hydrogens (primary N) is 3. The number of aliphatic carboxylic acids is 1. The molecule has 1 aromatic heterocycles. The number of fused-ring (bicyclic) bond motifs is 1. The average Bonchev–Trinajstić information content (AvgIpc) is 3.85. The van der Waals surface area contributed by atoms with Crippen molar-refractivity contribution in [2.24, 2.45) is 23.1 Å². The maximum Gasteiger partial charge on any atom is 0.305 e. The molecule has 0 saturated carbocycles. The predicted molar refractivity (Wildman–Crippen MR) is 299 cm³/mol. The molecule has 9 atom stereocenters. The van der Waals surface area contributed by atoms with Crippen molar-refractivity contribution in [3.8, 4) is 5.75 Å². The van der Waals surface area contributed by atoms with Gasteiger partial charge in [-0.25, -0.2) is 0 Å². The van der Waals surface area contributed by atoms with Crippen molar-refractivity contribution < 1.29 is 63.3 Å². The lowest BCUT2D eigenvalue weighted by molar-refractivity contribution is -0.142. The van der Waals surface area contributed by atoms with Gasteiger partial charge in [-0.1, -0.05) is 74.5 Å². The van der Waals surface area contributed by atoms with Crippen molar-refractivity contribution in [1.82, 2.24) is 47.5 Å². The number of aliphatic hydroxyl groups is 1. The van der Waals surface area contributed by atoms with E-state index in [0.29, 0.717) is 47.7 Å². The first kappa shape index (κ1) is 65.1. The van der Waals surface area contributed by atoms with E-state index in [1.54, 1.807) is 74.6 Å². The molecule has 0 aliphatic heterocycles. The van der Waals surface area contributed by atoms with Crippen LogP contribution in [0.3, 0.4) is 0 Å². The molecular weight excluding hydrogens is 1050 g/mol. The fraction of sp³-hybridized carbons (Fsp3) is 0.464. The fourth-order valence-corrected chi connectivity index (χ4v) is 8.84. The second-order valence-corrected chi connectivity index (χ2v) is 20.2. The maximum absolute atomic E-state index is 14.9. The summed E-state index contributed by atoms with van der Waals surface area (Å²) in [6, 6.07) is 10.4. The molecule has 0 radical (unpaired) electrons. The molecule has 4 aromatic rings. The van der Waals surface area contributed by atoms with Gasteiger partial charge < -0.3 is 80.0 Å². The van der Waals surface area contributed by atoms with Gasteiger partial charge in [0.15, 0.2) is 0 Å². The van der Waals surface area contributed by atoms with Crippen molar-refractivity contribution in [3.05, 3.63) is 102 Å². The quantitative estimate of drug-likeness (QED) is 0.0251. The Bertz CT molecular complexity index is 2770. The number of carbonyl (C=O) groups excluding carboxylic acids is 9. The number of amides is 9. The van der Waals surface area contributed by atoms with E-state index in [1.165, 1.54) is 31.2 Å². The number of nitrogens with one attached hydrogen (secondary N) is 9. The summed E-state index contributed by atoms with van der Waals surface area (Å²) in [6.07, 6.45) is 0.558. The van der Waals surface area contributed by atoms with Crippen LogP contribution in [0.1, 0.15) is 89.3 Å². The van der Waals surface area contributed by atoms with Crippen LogP contribution in [0.2, 0.25) is 0 Å². The first-order chi connectivity index (χ1) is 38.5. The van der Waals surface area contributed by atoms with Crippen molar-refractivity contribution >= 4 is 70.0 Å². The number of H-pyrrole nitrogens is 1. The summed E-state index contributed by atoms with van der Waals surface area (Å²) in [5.74, 6) is -10.1. The molecule has 25 nitrogen and oxygen atoms in total. The number of carboxylic acid groups (broad SMARTS) is 1. The number of phenolic OH excluding ortho intramolecular Hbond substituents is 1. The minimum Gasteiger partial charge on any atom is -0.508 e. The van der Waals surface area contributed by atoms with Gasteiger partial charge in [0.2, 0.25) is 53.2 Å². The molecule has 0 aliphatic rings. The summed E-state index contributed by atoms with van der Waals surface area (Å²) < 4.78 is 0. The van der Waals surface area contributed by atoms with Gasteiger partial charge in [-0.15, -0.1) is 0 Å². The smallest absolute Gasteiger partial charge is 0.305 e. The number of hydrogen-bond acceptors (Lipinski definition) is 14. The van der Waals surface area contributed by atoms with Crippen LogP contribution >= 0.6 is 0 Å². The van der Waals surface area contributed by atoms with E-state index in [-0.39, 0.29) is 50.9 Å². The van der Waals surface area contributed by atoms with Gasteiger partial charge in [-0.3, -0.25) is 47.9 Å². The Labute approximate surface area is 469 Å². The number of para-hydroxylation sites is 1. The third kappa shape index (κ3) is 21.3. The highest BCUT2D eigenvalue weighted by atomic mass is 16.4. The lowest BCUT2D eigenvalue weighted by atomic mass is 9.99. The number of aromatic amines is 1. The summed E-state index contributed by atoms with van der Waals surface area (Å²) in [5.41, 5.74) is 19.4. The Morgan fingerprint density at radius 1 is 0.519 bits per heavy atom. The highest BCUT2D eigenvalue weighted by Crippen LogP contribution is 2.20. The van der Waals surface area contributed by atoms with Gasteiger partial charge in [0.25, 0.3) is 0 Å². The van der Waals surface area contributed by atoms with Crippen LogP contribution in [-0.4, -0.2) is 147 Å². The molecule has 0 aliphatic carbocycles. The van der Waals surface area contributed by atoms with Crippen LogP contribution in [0.5, 0.6) is 5.75 Å². The van der Waals surface area contributed by atoms with Crippen LogP contribution in [0, 0.1) is 5.92 Å². The van der Waals surface area contributed by atoms with Crippen LogP contribution < -0.4 is 59.7 Å². The molecule has 3 aromatic carbocycles. The maximum atomic E-state index is 14.9. The Balaban J connectivity index is 1.70. The molecule has 0 spiro atoms. The van der Waals surface area contributed by atoms with Gasteiger partial charge in [-0.2, -0.15) is 0 Å². The minimum absolute atomic E-state index is 0.0300. The fourth-order valence-electron chi connectivity index (χ4n) is 8.84. The molecule has 18 N–H and O–H groups in total. The monoisotopic (exact) mass is 1130 g/mol. The van der Waals surface area contributed by atoms with Crippen molar-refractivity contribution in [2.45, 2.75) is 146 Å². The zero-order valence-electron chi connectivity index (χ0n) is 46.0. The Hall–Kier alpha value is -8.42. The first-order valence-electron chi connectivity index (χ1n) is 26.9. The number of aromatic nitrogens is 1. The van der Waals surface area contributed by atoms with E-state index in [2.05, 4.69) is 47.5 Å². The lowest BCUT2D eigenvalue weighted by Gasteiger charge is -2.29. The van der Waals surface area contributed by atoms with Crippen molar-refractivity contribution in [1.29, 1.82) is 0 Å². The summed E-state index contributed by atoms with van der Waals surface area (Å²) in [5, 5.41) is 51.2. The molecule has 0 unspecified atom stereocenters. The van der Waals surface area contributed by atoms with Gasteiger partial charge in [0.05, 0.1) is 12.5 Å². The second kappa shape index (κ2) is 32.6. The largest absolute Gasteiger partial charge is 0.508 e. The average molecular weight is 1130 g/mol. The number of carbonyl (C=O) groups is 10.